The molecule has 0 radical (unpaired) electrons. The van der Waals surface area contributed by atoms with Gasteiger partial charge in [-0.15, -0.1) is 5.10 Å². The van der Waals surface area contributed by atoms with Crippen molar-refractivity contribution in [1.29, 1.82) is 0 Å². The molecule has 8 nitrogen and oxygen atoms in total. The lowest BCUT2D eigenvalue weighted by Gasteiger charge is -2.30. The lowest BCUT2D eigenvalue weighted by Crippen LogP contribution is -2.41. The Kier molecular flexibility index (Phi) is 6.74. The van der Waals surface area contributed by atoms with Crippen LogP contribution in [0.5, 0.6) is 0 Å². The molecule has 0 spiro atoms. The molecule has 1 amide bonds. The number of nitrogens with one attached hydrogen (secondary N) is 1. The lowest BCUT2D eigenvalue weighted by molar-refractivity contribution is -0.120. The van der Waals surface area contributed by atoms with Gasteiger partial charge in [0.1, 0.15) is 5.52 Å². The molecule has 1 aliphatic heterocycles. The molecule has 0 saturated carbocycles. The first-order valence-corrected chi connectivity index (χ1v) is 12.9. The second-order valence-corrected chi connectivity index (χ2v) is 10.9. The molecule has 1 N–H and O–H groups in total. The smallest absolute Gasteiger partial charge is 0.243 e. The van der Waals surface area contributed by atoms with Gasteiger partial charge < -0.3 is 5.32 Å². The molecule has 4 rings (SSSR count). The molecule has 1 saturated heterocycles. The predicted molar refractivity (Wildman–Crippen MR) is 129 cm³/mol. The third-order valence-electron chi connectivity index (χ3n) is 6.44. The zero-order chi connectivity index (χ0) is 23.8. The third-order valence-corrected chi connectivity index (χ3v) is 8.74. The Labute approximate surface area is 199 Å². The first-order chi connectivity index (χ1) is 15.7. The summed E-state index contributed by atoms with van der Waals surface area (Å²) in [5.41, 5.74) is 2.87. The van der Waals surface area contributed by atoms with Gasteiger partial charge in [-0.05, 0) is 69.0 Å². The molecule has 2 aromatic carbocycles. The van der Waals surface area contributed by atoms with Crippen molar-refractivity contribution in [1.82, 2.24) is 19.3 Å². The van der Waals surface area contributed by atoms with E-state index in [9.17, 15) is 13.2 Å². The summed E-state index contributed by atoms with van der Waals surface area (Å²) in [5.74, 6) is -0.367. The number of anilines is 1. The minimum absolute atomic E-state index is 0.111. The summed E-state index contributed by atoms with van der Waals surface area (Å²) in [6.07, 6.45) is 1.81. The normalized spacial score (nSPS) is 16.7. The van der Waals surface area contributed by atoms with Gasteiger partial charge in [0.05, 0.1) is 16.5 Å². The van der Waals surface area contributed by atoms with E-state index in [0.717, 1.165) is 17.5 Å². The van der Waals surface area contributed by atoms with Crippen LogP contribution in [0, 0.1) is 12.8 Å². The van der Waals surface area contributed by atoms with Gasteiger partial charge in [0, 0.05) is 29.7 Å². The van der Waals surface area contributed by atoms with Crippen LogP contribution < -0.4 is 5.32 Å². The molecule has 0 bridgehead atoms. The molecule has 2 heterocycles. The highest BCUT2D eigenvalue weighted by Gasteiger charge is 2.32. The van der Waals surface area contributed by atoms with E-state index in [2.05, 4.69) is 22.6 Å². The van der Waals surface area contributed by atoms with Gasteiger partial charge in [-0.1, -0.05) is 29.8 Å². The Morgan fingerprint density at radius 2 is 1.97 bits per heavy atom. The summed E-state index contributed by atoms with van der Waals surface area (Å²) < 4.78 is 29.7. The number of fused-ring (bicyclic) bond motifs is 1. The maximum atomic E-state index is 13.2. The molecule has 1 aromatic heterocycles. The van der Waals surface area contributed by atoms with Crippen molar-refractivity contribution >= 4 is 44.3 Å². The fourth-order valence-electron chi connectivity index (χ4n) is 4.07. The van der Waals surface area contributed by atoms with Gasteiger partial charge in [0.15, 0.2) is 0 Å². The van der Waals surface area contributed by atoms with Gasteiger partial charge >= 0.3 is 0 Å². The molecule has 33 heavy (non-hydrogen) atoms. The average Bonchev–Trinajstić information content (AvgIpc) is 3.25. The molecule has 1 fully saturated rings. The molecule has 1 aliphatic rings. The van der Waals surface area contributed by atoms with Crippen LogP contribution in [0.1, 0.15) is 44.7 Å². The number of hydrogen-bond acceptors (Lipinski definition) is 5. The number of carbonyl (C=O) groups excluding carboxylic acids is 1. The number of carbonyl (C=O) groups is 1. The maximum Gasteiger partial charge on any atom is 0.243 e. The zero-order valence-corrected chi connectivity index (χ0v) is 20.5. The zero-order valence-electron chi connectivity index (χ0n) is 19.0. The van der Waals surface area contributed by atoms with E-state index in [0.29, 0.717) is 29.1 Å². The number of rotatable bonds is 6. The number of sulfonamides is 1. The first kappa shape index (κ1) is 23.7. The lowest BCUT2D eigenvalue weighted by atomic mass is 9.97. The van der Waals surface area contributed by atoms with E-state index in [4.69, 9.17) is 11.6 Å². The highest BCUT2D eigenvalue weighted by atomic mass is 35.5. The maximum absolute atomic E-state index is 13.2. The molecular formula is C23H28ClN5O3S. The summed E-state index contributed by atoms with van der Waals surface area (Å²) in [5, 5.41) is 11.9. The van der Waals surface area contributed by atoms with Crippen LogP contribution in [0.3, 0.4) is 0 Å². The van der Waals surface area contributed by atoms with Crippen LogP contribution in [0.4, 0.5) is 5.69 Å². The number of hydrogen-bond donors (Lipinski definition) is 1. The number of benzene rings is 2. The van der Waals surface area contributed by atoms with Gasteiger partial charge in [-0.25, -0.2) is 13.1 Å². The third kappa shape index (κ3) is 4.62. The molecule has 10 heteroatoms. The highest BCUT2D eigenvalue weighted by Crippen LogP contribution is 2.28. The molecule has 176 valence electrons. The number of halogens is 1. The number of amides is 1. The Morgan fingerprint density at radius 1 is 1.24 bits per heavy atom. The van der Waals surface area contributed by atoms with E-state index >= 15 is 0 Å². The van der Waals surface area contributed by atoms with Gasteiger partial charge in [-0.2, -0.15) is 4.31 Å². The van der Waals surface area contributed by atoms with Crippen molar-refractivity contribution in [2.75, 3.05) is 18.4 Å². The minimum Gasteiger partial charge on any atom is -0.326 e. The van der Waals surface area contributed by atoms with Crippen molar-refractivity contribution in [3.63, 3.8) is 0 Å². The monoisotopic (exact) mass is 489 g/mol. The quantitative estimate of drug-likeness (QED) is 0.553. The van der Waals surface area contributed by atoms with E-state index in [1.807, 2.05) is 24.6 Å². The summed E-state index contributed by atoms with van der Waals surface area (Å²) in [7, 11) is -3.68. The second kappa shape index (κ2) is 9.40. The average molecular weight is 490 g/mol. The van der Waals surface area contributed by atoms with E-state index < -0.39 is 10.0 Å². The van der Waals surface area contributed by atoms with Gasteiger partial charge in [-0.3, -0.25) is 4.79 Å². The molecule has 3 aromatic rings. The Morgan fingerprint density at radius 3 is 2.67 bits per heavy atom. The summed E-state index contributed by atoms with van der Waals surface area (Å²) in [6.45, 7) is 6.54. The number of piperidine rings is 1. The number of aromatic nitrogens is 3. The summed E-state index contributed by atoms with van der Waals surface area (Å²) in [4.78, 5) is 12.9. The molecular weight excluding hydrogens is 462 g/mol. The Bertz CT molecular complexity index is 1280. The fraction of sp³-hybridized carbons (Fsp3) is 0.435. The minimum atomic E-state index is -3.68. The van der Waals surface area contributed by atoms with Crippen LogP contribution >= 0.6 is 11.6 Å². The molecule has 0 aliphatic carbocycles. The fourth-order valence-corrected chi connectivity index (χ4v) is 5.73. The van der Waals surface area contributed by atoms with E-state index in [1.165, 1.54) is 4.31 Å². The van der Waals surface area contributed by atoms with Crippen LogP contribution in [-0.4, -0.2) is 46.7 Å². The van der Waals surface area contributed by atoms with Crippen LogP contribution in [0.25, 0.3) is 11.0 Å². The van der Waals surface area contributed by atoms with Crippen molar-refractivity contribution in [2.45, 2.75) is 51.0 Å². The molecule has 1 unspecified atom stereocenters. The second-order valence-electron chi connectivity index (χ2n) is 8.52. The van der Waals surface area contributed by atoms with Crippen molar-refractivity contribution < 1.29 is 13.2 Å². The number of nitrogens with zero attached hydrogens (tertiary/aromatic N) is 4. The van der Waals surface area contributed by atoms with Gasteiger partial charge in [0.25, 0.3) is 0 Å². The van der Waals surface area contributed by atoms with E-state index in [-0.39, 0.29) is 35.9 Å². The standard InChI is InChI=1S/C23H28ClN5O3S/c1-4-15(2)29-22-9-8-18(14-21(22)26-27-29)33(31,32)28-12-10-17(11-13-28)23(30)25-20-7-5-6-19(24)16(20)3/h5-9,14-15,17H,4,10-13H2,1-3H3,(H,25,30). The summed E-state index contributed by atoms with van der Waals surface area (Å²) in [6, 6.07) is 10.5. The van der Waals surface area contributed by atoms with Crippen LogP contribution in [-0.2, 0) is 14.8 Å². The Balaban J connectivity index is 1.44. The highest BCUT2D eigenvalue weighted by molar-refractivity contribution is 7.89. The van der Waals surface area contributed by atoms with Crippen molar-refractivity contribution in [3.8, 4) is 0 Å². The van der Waals surface area contributed by atoms with Gasteiger partial charge in [0.2, 0.25) is 15.9 Å². The van der Waals surface area contributed by atoms with E-state index in [1.54, 1.807) is 30.3 Å². The SMILES string of the molecule is CCC(C)n1nnc2cc(S(=O)(=O)N3CCC(C(=O)Nc4cccc(Cl)c4C)CC3)ccc21. The summed E-state index contributed by atoms with van der Waals surface area (Å²) >= 11 is 6.14. The van der Waals surface area contributed by atoms with Crippen LogP contribution in [0.15, 0.2) is 41.3 Å². The van der Waals surface area contributed by atoms with Crippen molar-refractivity contribution in [3.05, 3.63) is 47.0 Å². The van der Waals surface area contributed by atoms with Crippen LogP contribution in [0.2, 0.25) is 5.02 Å². The predicted octanol–water partition coefficient (Wildman–Crippen LogP) is 4.40. The Hall–Kier alpha value is -2.49. The van der Waals surface area contributed by atoms with Crippen molar-refractivity contribution in [2.24, 2.45) is 5.92 Å². The topological polar surface area (TPSA) is 97.2 Å². The first-order valence-electron chi connectivity index (χ1n) is 11.1. The molecule has 1 atom stereocenters. The largest absolute Gasteiger partial charge is 0.326 e.